The third-order valence-corrected chi connectivity index (χ3v) is 8.59. The largest absolute Gasteiger partial charge is 0.353 e. The van der Waals surface area contributed by atoms with Gasteiger partial charge in [-0.1, -0.05) is 55.0 Å². The number of rotatable bonds is 4. The van der Waals surface area contributed by atoms with Crippen molar-refractivity contribution < 1.29 is 9.36 Å². The summed E-state index contributed by atoms with van der Waals surface area (Å²) in [5.74, 6) is 0.181. The Morgan fingerprint density at radius 1 is 1.03 bits per heavy atom. The van der Waals surface area contributed by atoms with Gasteiger partial charge in [0.2, 0.25) is 6.33 Å². The lowest BCUT2D eigenvalue weighted by Crippen LogP contribution is -2.50. The van der Waals surface area contributed by atoms with Gasteiger partial charge >= 0.3 is 0 Å². The second kappa shape index (κ2) is 8.22. The average molecular weight is 480 g/mol. The number of imidazole rings is 1. The van der Waals surface area contributed by atoms with E-state index in [4.69, 9.17) is 0 Å². The summed E-state index contributed by atoms with van der Waals surface area (Å²) < 4.78 is 4.43. The Morgan fingerprint density at radius 3 is 2.53 bits per heavy atom. The minimum absolute atomic E-state index is 0.0290. The van der Waals surface area contributed by atoms with Crippen molar-refractivity contribution in [3.05, 3.63) is 94.8 Å². The zero-order chi connectivity index (χ0) is 25.2. The van der Waals surface area contributed by atoms with Gasteiger partial charge in [-0.2, -0.15) is 0 Å². The molecular weight excluding hydrogens is 444 g/mol. The number of anilines is 1. The van der Waals surface area contributed by atoms with Crippen LogP contribution in [0.4, 0.5) is 5.69 Å². The smallest absolute Gasteiger partial charge is 0.266 e. The highest BCUT2D eigenvalue weighted by Gasteiger charge is 2.54. The molecule has 2 aliphatic heterocycles. The molecule has 0 N–H and O–H groups in total. The summed E-state index contributed by atoms with van der Waals surface area (Å²) in [7, 11) is 2.13. The summed E-state index contributed by atoms with van der Waals surface area (Å²) >= 11 is 0. The van der Waals surface area contributed by atoms with Gasteiger partial charge in [-0.3, -0.25) is 4.79 Å². The number of para-hydroxylation sites is 1. The van der Waals surface area contributed by atoms with E-state index in [1.807, 2.05) is 0 Å². The van der Waals surface area contributed by atoms with Gasteiger partial charge < -0.3 is 9.80 Å². The molecule has 36 heavy (non-hydrogen) atoms. The van der Waals surface area contributed by atoms with Crippen LogP contribution in [0, 0.1) is 20.8 Å². The molecule has 2 unspecified atom stereocenters. The fourth-order valence-electron chi connectivity index (χ4n) is 6.43. The van der Waals surface area contributed by atoms with Crippen molar-refractivity contribution in [2.45, 2.75) is 58.8 Å². The van der Waals surface area contributed by atoms with Crippen LogP contribution in [0.2, 0.25) is 0 Å². The lowest BCUT2D eigenvalue weighted by atomic mass is 9.81. The maximum absolute atomic E-state index is 13.9. The van der Waals surface area contributed by atoms with Crippen LogP contribution >= 0.6 is 0 Å². The second-order valence-electron chi connectivity index (χ2n) is 11.0. The number of likely N-dealkylation sites (tertiary alicyclic amines) is 1. The van der Waals surface area contributed by atoms with E-state index in [-0.39, 0.29) is 17.5 Å². The standard InChI is InChI=1S/C31H35N4O/c1-21-10-12-24(13-11-21)18-33-20-34(28-17-23(3)22(2)16-27(28)33)19-29(36)35-15-14-31(4)25-8-6-7-9-26(25)32(5)30(31)35/h6-13,16-17,20,30H,14-15,18-19H2,1-5H3/q+1. The first-order chi connectivity index (χ1) is 17.3. The molecule has 1 saturated heterocycles. The highest BCUT2D eigenvalue weighted by Crippen LogP contribution is 2.51. The number of hydrogen-bond donors (Lipinski definition) is 0. The molecule has 6 rings (SSSR count). The number of aryl methyl sites for hydroxylation is 3. The average Bonchev–Trinajstić information content (AvgIpc) is 3.45. The monoisotopic (exact) mass is 479 g/mol. The first-order valence-electron chi connectivity index (χ1n) is 12.9. The molecule has 2 atom stereocenters. The molecule has 1 aromatic heterocycles. The van der Waals surface area contributed by atoms with Crippen molar-refractivity contribution in [3.8, 4) is 0 Å². The van der Waals surface area contributed by atoms with Crippen LogP contribution in [-0.2, 0) is 23.3 Å². The number of amides is 1. The number of benzene rings is 3. The SMILES string of the molecule is Cc1ccc(C[n+]2cn(CC(=O)N3CCC4(C)c5ccccc5N(C)C34)c3cc(C)c(C)cc32)cc1. The Hall–Kier alpha value is -3.60. The number of fused-ring (bicyclic) bond motifs is 4. The van der Waals surface area contributed by atoms with E-state index in [0.717, 1.165) is 25.0 Å². The summed E-state index contributed by atoms with van der Waals surface area (Å²) in [6.45, 7) is 10.7. The first-order valence-corrected chi connectivity index (χ1v) is 12.9. The summed E-state index contributed by atoms with van der Waals surface area (Å²) in [4.78, 5) is 18.3. The molecular formula is C31H35N4O+. The summed E-state index contributed by atoms with van der Waals surface area (Å²) in [6.07, 6.45) is 3.18. The van der Waals surface area contributed by atoms with E-state index in [2.05, 4.69) is 121 Å². The van der Waals surface area contributed by atoms with E-state index < -0.39 is 0 Å². The lowest BCUT2D eigenvalue weighted by molar-refractivity contribution is -0.663. The fraction of sp³-hybridized carbons (Fsp3) is 0.355. The number of aromatic nitrogens is 2. The third-order valence-electron chi connectivity index (χ3n) is 8.59. The third kappa shape index (κ3) is 3.44. The predicted octanol–water partition coefficient (Wildman–Crippen LogP) is 4.87. The van der Waals surface area contributed by atoms with Crippen LogP contribution in [0.25, 0.3) is 11.0 Å². The normalized spacial score (nSPS) is 20.8. The molecule has 184 valence electrons. The first kappa shape index (κ1) is 22.8. The van der Waals surface area contributed by atoms with Crippen LogP contribution in [0.15, 0.2) is 67.0 Å². The van der Waals surface area contributed by atoms with Crippen molar-refractivity contribution in [2.75, 3.05) is 18.5 Å². The summed E-state index contributed by atoms with van der Waals surface area (Å²) in [5.41, 5.74) is 9.90. The van der Waals surface area contributed by atoms with E-state index in [9.17, 15) is 4.79 Å². The van der Waals surface area contributed by atoms with Gasteiger partial charge in [-0.05, 0) is 67.6 Å². The Kier molecular flexibility index (Phi) is 5.22. The minimum Gasteiger partial charge on any atom is -0.353 e. The molecule has 5 nitrogen and oxygen atoms in total. The molecule has 0 saturated carbocycles. The molecule has 3 aromatic carbocycles. The minimum atomic E-state index is -0.0290. The molecule has 0 aliphatic carbocycles. The van der Waals surface area contributed by atoms with Crippen LogP contribution in [0.1, 0.15) is 41.2 Å². The summed E-state index contributed by atoms with van der Waals surface area (Å²) in [5, 5.41) is 0. The fourth-order valence-corrected chi connectivity index (χ4v) is 6.43. The van der Waals surface area contributed by atoms with Crippen LogP contribution in [-0.4, -0.2) is 35.1 Å². The van der Waals surface area contributed by atoms with Gasteiger partial charge in [-0.25, -0.2) is 9.13 Å². The Bertz CT molecular complexity index is 1480. The predicted molar refractivity (Wildman–Crippen MR) is 144 cm³/mol. The zero-order valence-corrected chi connectivity index (χ0v) is 22.0. The van der Waals surface area contributed by atoms with Crippen molar-refractivity contribution in [1.29, 1.82) is 0 Å². The molecule has 0 bridgehead atoms. The molecule has 5 heteroatoms. The van der Waals surface area contributed by atoms with Crippen LogP contribution < -0.4 is 9.47 Å². The van der Waals surface area contributed by atoms with E-state index >= 15 is 0 Å². The summed E-state index contributed by atoms with van der Waals surface area (Å²) in [6, 6.07) is 21.8. The molecule has 0 spiro atoms. The van der Waals surface area contributed by atoms with Gasteiger partial charge in [-0.15, -0.1) is 0 Å². The van der Waals surface area contributed by atoms with E-state index in [1.54, 1.807) is 0 Å². The van der Waals surface area contributed by atoms with Gasteiger partial charge in [0.1, 0.15) is 12.7 Å². The van der Waals surface area contributed by atoms with Crippen LogP contribution in [0.3, 0.4) is 0 Å². The topological polar surface area (TPSA) is 32.4 Å². The van der Waals surface area contributed by atoms with Gasteiger partial charge in [0, 0.05) is 24.7 Å². The quantitative estimate of drug-likeness (QED) is 0.391. The van der Waals surface area contributed by atoms with Crippen molar-refractivity contribution >= 4 is 22.6 Å². The van der Waals surface area contributed by atoms with E-state index in [1.165, 1.54) is 39.0 Å². The Balaban J connectivity index is 1.33. The molecule has 2 aliphatic rings. The molecule has 0 radical (unpaired) electrons. The molecule has 1 fully saturated rings. The second-order valence-corrected chi connectivity index (χ2v) is 11.0. The molecule has 3 heterocycles. The highest BCUT2D eigenvalue weighted by atomic mass is 16.2. The lowest BCUT2D eigenvalue weighted by Gasteiger charge is -2.34. The van der Waals surface area contributed by atoms with Gasteiger partial charge in [0.15, 0.2) is 17.6 Å². The number of likely N-dealkylation sites (N-methyl/N-ethyl adjacent to an activating group) is 1. The van der Waals surface area contributed by atoms with Gasteiger partial charge in [0.05, 0.1) is 0 Å². The molecule has 4 aromatic rings. The number of nitrogens with zero attached hydrogens (tertiary/aromatic N) is 4. The maximum atomic E-state index is 13.9. The van der Waals surface area contributed by atoms with Crippen molar-refractivity contribution in [3.63, 3.8) is 0 Å². The van der Waals surface area contributed by atoms with E-state index in [0.29, 0.717) is 6.54 Å². The van der Waals surface area contributed by atoms with Crippen LogP contribution in [0.5, 0.6) is 0 Å². The molecule has 1 amide bonds. The Labute approximate surface area is 213 Å². The maximum Gasteiger partial charge on any atom is 0.266 e. The Morgan fingerprint density at radius 2 is 1.75 bits per heavy atom. The highest BCUT2D eigenvalue weighted by molar-refractivity contribution is 5.82. The zero-order valence-electron chi connectivity index (χ0n) is 22.0. The number of carbonyl (C=O) groups excluding carboxylic acids is 1. The van der Waals surface area contributed by atoms with Crippen molar-refractivity contribution in [1.82, 2.24) is 9.47 Å². The number of carbonyl (C=O) groups is 1. The number of hydrogen-bond acceptors (Lipinski definition) is 2. The van der Waals surface area contributed by atoms with Crippen molar-refractivity contribution in [2.24, 2.45) is 0 Å². The van der Waals surface area contributed by atoms with Gasteiger partial charge in [0.25, 0.3) is 5.91 Å².